The third kappa shape index (κ3) is 3.82. The maximum atomic E-state index is 13.3. The van der Waals surface area contributed by atoms with E-state index in [1.165, 1.54) is 6.07 Å². The van der Waals surface area contributed by atoms with Gasteiger partial charge in [-0.3, -0.25) is 0 Å². The van der Waals surface area contributed by atoms with Crippen LogP contribution >= 0.6 is 0 Å². The van der Waals surface area contributed by atoms with Gasteiger partial charge in [0.15, 0.2) is 0 Å². The van der Waals surface area contributed by atoms with Crippen molar-refractivity contribution in [1.29, 1.82) is 0 Å². The second kappa shape index (κ2) is 5.88. The minimum atomic E-state index is -1.27. The molecule has 0 unspecified atom stereocenters. The van der Waals surface area contributed by atoms with E-state index in [0.717, 1.165) is 6.07 Å². The summed E-state index contributed by atoms with van der Waals surface area (Å²) in [6.07, 6.45) is 0. The number of ether oxygens (including phenoxy) is 1. The average Bonchev–Trinajstić information content (AvgIpc) is 2.30. The Kier molecular flexibility index (Phi) is 4.72. The van der Waals surface area contributed by atoms with Crippen LogP contribution in [-0.2, 0) is 4.74 Å². The van der Waals surface area contributed by atoms with E-state index in [1.54, 1.807) is 0 Å². The summed E-state index contributed by atoms with van der Waals surface area (Å²) in [4.78, 5) is 11.1. The number of halogens is 1. The van der Waals surface area contributed by atoms with E-state index in [4.69, 9.17) is 15.6 Å². The predicted octanol–water partition coefficient (Wildman–Crippen LogP) is 2.33. The summed E-state index contributed by atoms with van der Waals surface area (Å²) in [6, 6.07) is 2.49. The van der Waals surface area contributed by atoms with Crippen molar-refractivity contribution in [1.82, 2.24) is 0 Å². The van der Waals surface area contributed by atoms with Gasteiger partial charge in [-0.2, -0.15) is 0 Å². The van der Waals surface area contributed by atoms with E-state index >= 15 is 0 Å². The Labute approximate surface area is 111 Å². The highest BCUT2D eigenvalue weighted by Crippen LogP contribution is 2.25. The molecule has 0 heterocycles. The SMILES string of the molecule is CCOC(C)(C)CNc1ccc(F)c(N)c1C(=O)O. The van der Waals surface area contributed by atoms with E-state index in [0.29, 0.717) is 13.2 Å². The summed E-state index contributed by atoms with van der Waals surface area (Å²) < 4.78 is 18.8. The molecular weight excluding hydrogens is 251 g/mol. The van der Waals surface area contributed by atoms with Gasteiger partial charge in [-0.25, -0.2) is 9.18 Å². The zero-order valence-corrected chi connectivity index (χ0v) is 11.3. The van der Waals surface area contributed by atoms with Crippen molar-refractivity contribution in [3.05, 3.63) is 23.5 Å². The molecule has 0 aliphatic carbocycles. The van der Waals surface area contributed by atoms with E-state index in [-0.39, 0.29) is 16.9 Å². The molecule has 1 aromatic carbocycles. The van der Waals surface area contributed by atoms with Crippen LogP contribution in [0.25, 0.3) is 0 Å². The number of carbonyl (C=O) groups is 1. The molecule has 0 bridgehead atoms. The number of nitrogens with two attached hydrogens (primary N) is 1. The van der Waals surface area contributed by atoms with Gasteiger partial charge in [-0.05, 0) is 32.9 Å². The van der Waals surface area contributed by atoms with E-state index in [1.807, 2.05) is 20.8 Å². The molecule has 0 saturated carbocycles. The highest BCUT2D eigenvalue weighted by Gasteiger charge is 2.21. The van der Waals surface area contributed by atoms with Crippen LogP contribution in [0.15, 0.2) is 12.1 Å². The van der Waals surface area contributed by atoms with Gasteiger partial charge in [0, 0.05) is 13.2 Å². The number of aromatic carboxylic acids is 1. The Balaban J connectivity index is 2.96. The van der Waals surface area contributed by atoms with Crippen molar-refractivity contribution in [2.24, 2.45) is 0 Å². The van der Waals surface area contributed by atoms with Crippen LogP contribution in [0.1, 0.15) is 31.1 Å². The van der Waals surface area contributed by atoms with Gasteiger partial charge in [-0.15, -0.1) is 0 Å². The molecule has 0 amide bonds. The summed E-state index contributed by atoms with van der Waals surface area (Å²) >= 11 is 0. The van der Waals surface area contributed by atoms with Crippen molar-refractivity contribution in [3.8, 4) is 0 Å². The van der Waals surface area contributed by atoms with Crippen molar-refractivity contribution < 1.29 is 19.0 Å². The van der Waals surface area contributed by atoms with E-state index in [9.17, 15) is 9.18 Å². The highest BCUT2D eigenvalue weighted by atomic mass is 19.1. The molecule has 0 saturated heterocycles. The van der Waals surface area contributed by atoms with Crippen LogP contribution in [0, 0.1) is 5.82 Å². The van der Waals surface area contributed by atoms with Gasteiger partial charge in [0.25, 0.3) is 0 Å². The molecule has 0 aromatic heterocycles. The molecular formula is C13H19FN2O3. The molecule has 19 heavy (non-hydrogen) atoms. The van der Waals surface area contributed by atoms with E-state index in [2.05, 4.69) is 5.32 Å². The molecule has 1 aromatic rings. The number of nitrogens with one attached hydrogen (secondary N) is 1. The van der Waals surface area contributed by atoms with Crippen molar-refractivity contribution in [3.63, 3.8) is 0 Å². The zero-order valence-electron chi connectivity index (χ0n) is 11.3. The standard InChI is InChI=1S/C13H19FN2O3/c1-4-19-13(2,3)7-16-9-6-5-8(14)11(15)10(9)12(17)18/h5-6,16H,4,7,15H2,1-3H3,(H,17,18). The number of hydrogen-bond donors (Lipinski definition) is 3. The first-order chi connectivity index (χ1) is 8.78. The highest BCUT2D eigenvalue weighted by molar-refractivity contribution is 6.00. The second-order valence-corrected chi connectivity index (χ2v) is 4.74. The fraction of sp³-hybridized carbons (Fsp3) is 0.462. The minimum absolute atomic E-state index is 0.257. The molecule has 0 spiro atoms. The normalized spacial score (nSPS) is 11.4. The van der Waals surface area contributed by atoms with Crippen LogP contribution in [0.2, 0.25) is 0 Å². The Hall–Kier alpha value is -1.82. The number of benzene rings is 1. The summed E-state index contributed by atoms with van der Waals surface area (Å²) in [5.74, 6) is -2.01. The third-order valence-electron chi connectivity index (χ3n) is 2.65. The number of hydrogen-bond acceptors (Lipinski definition) is 4. The van der Waals surface area contributed by atoms with Gasteiger partial charge in [0.2, 0.25) is 0 Å². The van der Waals surface area contributed by atoms with Crippen molar-refractivity contribution >= 4 is 17.3 Å². The molecule has 106 valence electrons. The molecule has 0 atom stereocenters. The fourth-order valence-electron chi connectivity index (χ4n) is 1.72. The Morgan fingerprint density at radius 3 is 2.68 bits per heavy atom. The fourth-order valence-corrected chi connectivity index (χ4v) is 1.72. The minimum Gasteiger partial charge on any atom is -0.478 e. The monoisotopic (exact) mass is 270 g/mol. The maximum Gasteiger partial charge on any atom is 0.340 e. The summed E-state index contributed by atoms with van der Waals surface area (Å²) in [6.45, 7) is 6.55. The smallest absolute Gasteiger partial charge is 0.340 e. The lowest BCUT2D eigenvalue weighted by atomic mass is 10.1. The van der Waals surface area contributed by atoms with Crippen molar-refractivity contribution in [2.75, 3.05) is 24.2 Å². The Morgan fingerprint density at radius 2 is 2.16 bits per heavy atom. The average molecular weight is 270 g/mol. The van der Waals surface area contributed by atoms with Crippen LogP contribution in [0.4, 0.5) is 15.8 Å². The quantitative estimate of drug-likeness (QED) is 0.691. The van der Waals surface area contributed by atoms with Crippen LogP contribution in [0.3, 0.4) is 0 Å². The molecule has 6 heteroatoms. The van der Waals surface area contributed by atoms with Crippen molar-refractivity contribution in [2.45, 2.75) is 26.4 Å². The van der Waals surface area contributed by atoms with Crippen LogP contribution in [-0.4, -0.2) is 29.8 Å². The molecule has 0 aliphatic heterocycles. The molecule has 0 fully saturated rings. The Morgan fingerprint density at radius 1 is 1.53 bits per heavy atom. The topological polar surface area (TPSA) is 84.6 Å². The van der Waals surface area contributed by atoms with Gasteiger partial charge in [-0.1, -0.05) is 0 Å². The van der Waals surface area contributed by atoms with E-state index < -0.39 is 17.4 Å². The lowest BCUT2D eigenvalue weighted by Crippen LogP contribution is -2.33. The number of carboxylic acid groups (broad SMARTS) is 1. The molecule has 1 rings (SSSR count). The Bertz CT molecular complexity index is 475. The first kappa shape index (κ1) is 15.2. The summed E-state index contributed by atoms with van der Waals surface area (Å²) in [5, 5.41) is 12.0. The number of rotatable bonds is 6. The largest absolute Gasteiger partial charge is 0.478 e. The van der Waals surface area contributed by atoms with Gasteiger partial charge in [0.1, 0.15) is 11.4 Å². The first-order valence-electron chi connectivity index (χ1n) is 5.97. The molecule has 0 radical (unpaired) electrons. The number of anilines is 2. The van der Waals surface area contributed by atoms with Gasteiger partial charge >= 0.3 is 5.97 Å². The molecule has 4 N–H and O–H groups in total. The first-order valence-corrected chi connectivity index (χ1v) is 5.97. The lowest BCUT2D eigenvalue weighted by molar-refractivity contribution is 0.000659. The number of carboxylic acids is 1. The third-order valence-corrected chi connectivity index (χ3v) is 2.65. The summed E-state index contributed by atoms with van der Waals surface area (Å²) in [7, 11) is 0. The molecule has 0 aliphatic rings. The zero-order chi connectivity index (χ0) is 14.6. The number of nitrogen functional groups attached to an aromatic ring is 1. The summed E-state index contributed by atoms with van der Waals surface area (Å²) in [5.41, 5.74) is 4.64. The molecule has 5 nitrogen and oxygen atoms in total. The second-order valence-electron chi connectivity index (χ2n) is 4.74. The predicted molar refractivity (Wildman–Crippen MR) is 72.0 cm³/mol. The lowest BCUT2D eigenvalue weighted by Gasteiger charge is -2.26. The van der Waals surface area contributed by atoms with Gasteiger partial charge in [0.05, 0.1) is 17.0 Å². The maximum absolute atomic E-state index is 13.3. The van der Waals surface area contributed by atoms with Crippen LogP contribution < -0.4 is 11.1 Å². The van der Waals surface area contributed by atoms with Gasteiger partial charge < -0.3 is 20.9 Å². The van der Waals surface area contributed by atoms with Crippen LogP contribution in [0.5, 0.6) is 0 Å².